The number of aromatic nitrogens is 1. The summed E-state index contributed by atoms with van der Waals surface area (Å²) in [5, 5.41) is 3.31. The molecule has 0 fully saturated rings. The summed E-state index contributed by atoms with van der Waals surface area (Å²) < 4.78 is 18.4. The van der Waals surface area contributed by atoms with Gasteiger partial charge in [0.05, 0.1) is 11.1 Å². The number of amides is 1. The third-order valence-electron chi connectivity index (χ3n) is 5.24. The molecule has 0 spiro atoms. The Balaban J connectivity index is 1.56. The van der Waals surface area contributed by atoms with Crippen molar-refractivity contribution in [1.82, 2.24) is 9.88 Å². The zero-order valence-corrected chi connectivity index (χ0v) is 16.7. The second-order valence-corrected chi connectivity index (χ2v) is 7.18. The molecular formula is C23H22FN3O3. The fraction of sp³-hybridized carbons (Fsp3) is 0.261. The SMILES string of the molecule is CCN1CCc2nc3ccccc3c(C(=O)OCC(=O)Nc3ccc(F)cc3)c2C1. The summed E-state index contributed by atoms with van der Waals surface area (Å²) in [4.78, 5) is 32.2. The number of nitrogens with zero attached hydrogens (tertiary/aromatic N) is 2. The Morgan fingerprint density at radius 2 is 1.93 bits per heavy atom. The van der Waals surface area contributed by atoms with Gasteiger partial charge in [0.15, 0.2) is 6.61 Å². The minimum atomic E-state index is -0.544. The van der Waals surface area contributed by atoms with Crippen molar-refractivity contribution in [2.24, 2.45) is 0 Å². The molecular weight excluding hydrogens is 385 g/mol. The zero-order valence-electron chi connectivity index (χ0n) is 16.7. The maximum Gasteiger partial charge on any atom is 0.339 e. The van der Waals surface area contributed by atoms with E-state index in [0.717, 1.165) is 41.7 Å². The molecule has 0 saturated heterocycles. The number of para-hydroxylation sites is 1. The van der Waals surface area contributed by atoms with Crippen molar-refractivity contribution < 1.29 is 18.7 Å². The molecule has 0 atom stereocenters. The molecule has 1 aromatic heterocycles. The maximum absolute atomic E-state index is 13.0. The first-order chi connectivity index (χ1) is 14.5. The van der Waals surface area contributed by atoms with Gasteiger partial charge in [-0.05, 0) is 36.9 Å². The molecule has 0 bridgehead atoms. The molecule has 3 aromatic rings. The summed E-state index contributed by atoms with van der Waals surface area (Å²) in [5.41, 5.74) is 3.42. The lowest BCUT2D eigenvalue weighted by Gasteiger charge is -2.28. The van der Waals surface area contributed by atoms with Gasteiger partial charge in [-0.1, -0.05) is 25.1 Å². The van der Waals surface area contributed by atoms with Gasteiger partial charge in [0.1, 0.15) is 5.82 Å². The number of rotatable bonds is 5. The number of nitrogens with one attached hydrogen (secondary N) is 1. The highest BCUT2D eigenvalue weighted by molar-refractivity contribution is 6.06. The van der Waals surface area contributed by atoms with Crippen LogP contribution in [0, 0.1) is 5.82 Å². The number of carbonyl (C=O) groups excluding carboxylic acids is 2. The maximum atomic E-state index is 13.0. The van der Waals surface area contributed by atoms with Gasteiger partial charge in [-0.2, -0.15) is 0 Å². The number of benzene rings is 2. The normalized spacial score (nSPS) is 13.7. The first kappa shape index (κ1) is 20.0. The monoisotopic (exact) mass is 407 g/mol. The molecule has 30 heavy (non-hydrogen) atoms. The van der Waals surface area contributed by atoms with E-state index in [4.69, 9.17) is 9.72 Å². The van der Waals surface area contributed by atoms with E-state index in [1.54, 1.807) is 0 Å². The zero-order chi connectivity index (χ0) is 21.1. The van der Waals surface area contributed by atoms with Crippen LogP contribution in [0.15, 0.2) is 48.5 Å². The molecule has 154 valence electrons. The quantitative estimate of drug-likeness (QED) is 0.655. The number of hydrogen-bond donors (Lipinski definition) is 1. The highest BCUT2D eigenvalue weighted by atomic mass is 19.1. The Hall–Kier alpha value is -3.32. The van der Waals surface area contributed by atoms with E-state index in [0.29, 0.717) is 17.8 Å². The lowest BCUT2D eigenvalue weighted by Crippen LogP contribution is -2.32. The third-order valence-corrected chi connectivity index (χ3v) is 5.24. The van der Waals surface area contributed by atoms with Crippen LogP contribution in [0.5, 0.6) is 0 Å². The van der Waals surface area contributed by atoms with Gasteiger partial charge in [0, 0.05) is 41.8 Å². The summed E-state index contributed by atoms with van der Waals surface area (Å²) in [6.07, 6.45) is 0.763. The molecule has 1 N–H and O–H groups in total. The minimum Gasteiger partial charge on any atom is -0.452 e. The van der Waals surface area contributed by atoms with Crippen LogP contribution >= 0.6 is 0 Å². The van der Waals surface area contributed by atoms with Crippen LogP contribution in [-0.4, -0.2) is 41.5 Å². The van der Waals surface area contributed by atoms with Crippen molar-refractivity contribution >= 4 is 28.5 Å². The van der Waals surface area contributed by atoms with E-state index in [1.165, 1.54) is 24.3 Å². The minimum absolute atomic E-state index is 0.394. The highest BCUT2D eigenvalue weighted by Crippen LogP contribution is 2.28. The summed E-state index contributed by atoms with van der Waals surface area (Å²) in [5.74, 6) is -1.43. The van der Waals surface area contributed by atoms with Gasteiger partial charge >= 0.3 is 5.97 Å². The average molecular weight is 407 g/mol. The predicted octanol–water partition coefficient (Wildman–Crippen LogP) is 3.55. The number of hydrogen-bond acceptors (Lipinski definition) is 5. The van der Waals surface area contributed by atoms with E-state index in [9.17, 15) is 14.0 Å². The van der Waals surface area contributed by atoms with E-state index >= 15 is 0 Å². The van der Waals surface area contributed by atoms with Gasteiger partial charge in [-0.15, -0.1) is 0 Å². The largest absolute Gasteiger partial charge is 0.452 e. The predicted molar refractivity (Wildman–Crippen MR) is 112 cm³/mol. The number of fused-ring (bicyclic) bond motifs is 2. The molecule has 2 aromatic carbocycles. The number of halogens is 1. The highest BCUT2D eigenvalue weighted by Gasteiger charge is 2.26. The van der Waals surface area contributed by atoms with Crippen LogP contribution in [0.25, 0.3) is 10.9 Å². The van der Waals surface area contributed by atoms with E-state index < -0.39 is 24.3 Å². The lowest BCUT2D eigenvalue weighted by atomic mass is 9.96. The molecule has 1 aliphatic heterocycles. The van der Waals surface area contributed by atoms with E-state index in [2.05, 4.69) is 17.1 Å². The number of anilines is 1. The van der Waals surface area contributed by atoms with Crippen LogP contribution in [-0.2, 0) is 22.5 Å². The fourth-order valence-corrected chi connectivity index (χ4v) is 3.68. The smallest absolute Gasteiger partial charge is 0.339 e. The third kappa shape index (κ3) is 4.16. The average Bonchev–Trinajstić information content (AvgIpc) is 2.77. The molecule has 6 nitrogen and oxygen atoms in total. The van der Waals surface area contributed by atoms with Crippen LogP contribution < -0.4 is 5.32 Å². The van der Waals surface area contributed by atoms with Crippen molar-refractivity contribution in [3.05, 3.63) is 71.2 Å². The Bertz CT molecular complexity index is 1100. The Morgan fingerprint density at radius 3 is 2.70 bits per heavy atom. The van der Waals surface area contributed by atoms with E-state index in [1.807, 2.05) is 24.3 Å². The number of carbonyl (C=O) groups is 2. The molecule has 0 aliphatic carbocycles. The fourth-order valence-electron chi connectivity index (χ4n) is 3.68. The van der Waals surface area contributed by atoms with Gasteiger partial charge in [-0.3, -0.25) is 14.7 Å². The summed E-state index contributed by atoms with van der Waals surface area (Å²) >= 11 is 0. The first-order valence-electron chi connectivity index (χ1n) is 9.90. The second kappa shape index (κ2) is 8.59. The Kier molecular flexibility index (Phi) is 5.72. The van der Waals surface area contributed by atoms with E-state index in [-0.39, 0.29) is 0 Å². The Morgan fingerprint density at radius 1 is 1.17 bits per heavy atom. The van der Waals surface area contributed by atoms with Crippen LogP contribution in [0.3, 0.4) is 0 Å². The van der Waals surface area contributed by atoms with Gasteiger partial charge in [0.25, 0.3) is 5.91 Å². The van der Waals surface area contributed by atoms with Crippen molar-refractivity contribution in [3.63, 3.8) is 0 Å². The number of ether oxygens (including phenoxy) is 1. The lowest BCUT2D eigenvalue weighted by molar-refractivity contribution is -0.119. The van der Waals surface area contributed by atoms with Crippen LogP contribution in [0.2, 0.25) is 0 Å². The van der Waals surface area contributed by atoms with Crippen molar-refractivity contribution in [2.75, 3.05) is 25.0 Å². The number of esters is 1. The first-order valence-corrected chi connectivity index (χ1v) is 9.90. The second-order valence-electron chi connectivity index (χ2n) is 7.18. The standard InChI is InChI=1S/C23H22FN3O3/c1-2-27-12-11-20-18(13-27)22(17-5-3-4-6-19(17)26-20)23(29)30-14-21(28)25-16-9-7-15(24)8-10-16/h3-10H,2,11-14H2,1H3,(H,25,28). The molecule has 1 aliphatic rings. The van der Waals surface area contributed by atoms with Gasteiger partial charge in [-0.25, -0.2) is 9.18 Å². The molecule has 7 heteroatoms. The molecule has 2 heterocycles. The topological polar surface area (TPSA) is 71.5 Å². The number of likely N-dealkylation sites (N-methyl/N-ethyl adjacent to an activating group) is 1. The number of pyridine rings is 1. The molecule has 0 saturated carbocycles. The van der Waals surface area contributed by atoms with Gasteiger partial charge < -0.3 is 10.1 Å². The molecule has 0 unspecified atom stereocenters. The van der Waals surface area contributed by atoms with Gasteiger partial charge in [0.2, 0.25) is 0 Å². The summed E-state index contributed by atoms with van der Waals surface area (Å²) in [6.45, 7) is 4.04. The molecule has 1 amide bonds. The van der Waals surface area contributed by atoms with Crippen molar-refractivity contribution in [3.8, 4) is 0 Å². The summed E-state index contributed by atoms with van der Waals surface area (Å²) in [7, 11) is 0. The molecule has 4 rings (SSSR count). The summed E-state index contributed by atoms with van der Waals surface area (Å²) in [6, 6.07) is 12.8. The van der Waals surface area contributed by atoms with Crippen molar-refractivity contribution in [2.45, 2.75) is 19.9 Å². The molecule has 0 radical (unpaired) electrons. The Labute approximate surface area is 173 Å². The van der Waals surface area contributed by atoms with Crippen molar-refractivity contribution in [1.29, 1.82) is 0 Å². The van der Waals surface area contributed by atoms with Crippen LogP contribution in [0.4, 0.5) is 10.1 Å². The van der Waals surface area contributed by atoms with Crippen LogP contribution in [0.1, 0.15) is 28.5 Å².